The third kappa shape index (κ3) is 2.96. The SMILES string of the molecule is O=[N+]([O-])c1ccc([C@@H]2Nc3c(C(F)(F)F)ccc(Cl)c3[C@H]3C=CC[C@@H]32)cc1. The number of halogens is 4. The van der Waals surface area contributed by atoms with Crippen molar-refractivity contribution >= 4 is 23.0 Å². The Kier molecular flexibility index (Phi) is 4.14. The number of nitro groups is 1. The summed E-state index contributed by atoms with van der Waals surface area (Å²) >= 11 is 6.26. The lowest BCUT2D eigenvalue weighted by molar-refractivity contribution is -0.384. The van der Waals surface area contributed by atoms with Crippen molar-refractivity contribution in [3.63, 3.8) is 0 Å². The number of nitro benzene ring substituents is 1. The molecule has 3 atom stereocenters. The first kappa shape index (κ1) is 17.9. The fourth-order valence-corrected chi connectivity index (χ4v) is 4.32. The van der Waals surface area contributed by atoms with Crippen LogP contribution in [-0.4, -0.2) is 4.92 Å². The van der Waals surface area contributed by atoms with Crippen LogP contribution in [0.25, 0.3) is 0 Å². The van der Waals surface area contributed by atoms with Crippen molar-refractivity contribution in [2.75, 3.05) is 5.32 Å². The van der Waals surface area contributed by atoms with E-state index in [1.807, 2.05) is 12.2 Å². The minimum absolute atomic E-state index is 0.00819. The lowest BCUT2D eigenvalue weighted by Crippen LogP contribution is -2.31. The zero-order valence-corrected chi connectivity index (χ0v) is 14.6. The third-order valence-electron chi connectivity index (χ3n) is 5.23. The predicted molar refractivity (Wildman–Crippen MR) is 95.9 cm³/mol. The second-order valence-electron chi connectivity index (χ2n) is 6.71. The van der Waals surface area contributed by atoms with E-state index < -0.39 is 22.7 Å². The minimum atomic E-state index is -4.52. The summed E-state index contributed by atoms with van der Waals surface area (Å²) in [4.78, 5) is 10.4. The molecule has 0 unspecified atom stereocenters. The van der Waals surface area contributed by atoms with Crippen molar-refractivity contribution in [2.24, 2.45) is 5.92 Å². The van der Waals surface area contributed by atoms with Gasteiger partial charge in [-0.15, -0.1) is 0 Å². The lowest BCUT2D eigenvalue weighted by atomic mass is 9.76. The maximum Gasteiger partial charge on any atom is 0.418 e. The summed E-state index contributed by atoms with van der Waals surface area (Å²) in [7, 11) is 0. The summed E-state index contributed by atoms with van der Waals surface area (Å²) in [5.41, 5.74) is 0.343. The Balaban J connectivity index is 1.83. The number of allylic oxidation sites excluding steroid dienone is 2. The van der Waals surface area contributed by atoms with Crippen LogP contribution in [0.4, 0.5) is 24.5 Å². The van der Waals surface area contributed by atoms with Gasteiger partial charge in [0.15, 0.2) is 0 Å². The number of nitrogens with one attached hydrogen (secondary N) is 1. The smallest absolute Gasteiger partial charge is 0.377 e. The third-order valence-corrected chi connectivity index (χ3v) is 5.56. The van der Waals surface area contributed by atoms with E-state index in [0.717, 1.165) is 6.07 Å². The van der Waals surface area contributed by atoms with E-state index in [9.17, 15) is 23.3 Å². The van der Waals surface area contributed by atoms with Crippen molar-refractivity contribution in [1.29, 1.82) is 0 Å². The molecular formula is C19H14ClF3N2O2. The number of benzene rings is 2. The van der Waals surface area contributed by atoms with Crippen LogP contribution in [0.15, 0.2) is 48.6 Å². The summed E-state index contributed by atoms with van der Waals surface area (Å²) in [5.74, 6) is -0.254. The summed E-state index contributed by atoms with van der Waals surface area (Å²) in [6, 6.07) is 7.79. The van der Waals surface area contributed by atoms with E-state index in [-0.39, 0.29) is 23.2 Å². The molecule has 27 heavy (non-hydrogen) atoms. The molecular weight excluding hydrogens is 381 g/mol. The first-order chi connectivity index (χ1) is 12.8. The second kappa shape index (κ2) is 6.27. The van der Waals surface area contributed by atoms with Gasteiger partial charge in [0.05, 0.1) is 22.2 Å². The van der Waals surface area contributed by atoms with Crippen molar-refractivity contribution < 1.29 is 18.1 Å². The van der Waals surface area contributed by atoms with Crippen molar-refractivity contribution in [1.82, 2.24) is 0 Å². The fourth-order valence-electron chi connectivity index (χ4n) is 4.03. The summed E-state index contributed by atoms with van der Waals surface area (Å²) < 4.78 is 40.6. The van der Waals surface area contributed by atoms with Crippen LogP contribution in [0.2, 0.25) is 5.02 Å². The quantitative estimate of drug-likeness (QED) is 0.380. The van der Waals surface area contributed by atoms with Crippen LogP contribution >= 0.6 is 11.6 Å². The van der Waals surface area contributed by atoms with Gasteiger partial charge in [-0.1, -0.05) is 35.9 Å². The van der Waals surface area contributed by atoms with Gasteiger partial charge in [-0.2, -0.15) is 13.2 Å². The number of fused-ring (bicyclic) bond motifs is 3. The molecule has 0 amide bonds. The molecule has 4 nitrogen and oxygen atoms in total. The van der Waals surface area contributed by atoms with E-state index in [1.54, 1.807) is 12.1 Å². The molecule has 0 saturated carbocycles. The molecule has 0 fully saturated rings. The number of nitrogens with zero attached hydrogens (tertiary/aromatic N) is 1. The molecule has 0 saturated heterocycles. The lowest BCUT2D eigenvalue weighted by Gasteiger charge is -2.39. The molecule has 2 aromatic carbocycles. The summed E-state index contributed by atoms with van der Waals surface area (Å²) in [6.45, 7) is 0. The second-order valence-corrected chi connectivity index (χ2v) is 7.11. The number of anilines is 1. The monoisotopic (exact) mass is 394 g/mol. The standard InChI is InChI=1S/C19H14ClF3N2O2/c20-15-9-8-14(19(21,22)23)18-16(15)12-2-1-3-13(12)17(24-18)10-4-6-11(7-5-10)25(26)27/h1-2,4-9,12-13,17,24H,3H2/t12-,13-,17-/m0/s1. The fraction of sp³-hybridized carbons (Fsp3) is 0.263. The summed E-state index contributed by atoms with van der Waals surface area (Å²) in [5, 5.41) is 14.2. The molecule has 0 aromatic heterocycles. The first-order valence-corrected chi connectivity index (χ1v) is 8.72. The van der Waals surface area contributed by atoms with Gasteiger partial charge in [0, 0.05) is 28.6 Å². The topological polar surface area (TPSA) is 55.2 Å². The van der Waals surface area contributed by atoms with E-state index in [0.29, 0.717) is 22.6 Å². The Hall–Kier alpha value is -2.54. The molecule has 0 spiro atoms. The molecule has 1 aliphatic heterocycles. The van der Waals surface area contributed by atoms with Gasteiger partial charge in [0.25, 0.3) is 5.69 Å². The Morgan fingerprint density at radius 3 is 2.48 bits per heavy atom. The first-order valence-electron chi connectivity index (χ1n) is 8.34. The molecule has 2 aromatic rings. The zero-order chi connectivity index (χ0) is 19.3. The normalized spacial score (nSPS) is 23.5. The van der Waals surface area contributed by atoms with Crippen LogP contribution in [-0.2, 0) is 6.18 Å². The van der Waals surface area contributed by atoms with Crippen molar-refractivity contribution in [3.8, 4) is 0 Å². The molecule has 0 radical (unpaired) electrons. The van der Waals surface area contributed by atoms with Crippen LogP contribution < -0.4 is 5.32 Å². The van der Waals surface area contributed by atoms with Crippen LogP contribution in [0.3, 0.4) is 0 Å². The van der Waals surface area contributed by atoms with Crippen LogP contribution in [0.5, 0.6) is 0 Å². The number of non-ortho nitro benzene ring substituents is 1. The van der Waals surface area contributed by atoms with Gasteiger partial charge < -0.3 is 5.32 Å². The molecule has 1 N–H and O–H groups in total. The summed E-state index contributed by atoms with van der Waals surface area (Å²) in [6.07, 6.45) is 0.0119. The van der Waals surface area contributed by atoms with Crippen LogP contribution in [0, 0.1) is 16.0 Å². The van der Waals surface area contributed by atoms with Gasteiger partial charge in [0.2, 0.25) is 0 Å². The highest BCUT2D eigenvalue weighted by Gasteiger charge is 2.44. The number of hydrogen-bond acceptors (Lipinski definition) is 3. The van der Waals surface area contributed by atoms with Crippen LogP contribution in [0.1, 0.15) is 35.1 Å². The van der Waals surface area contributed by atoms with Gasteiger partial charge in [-0.3, -0.25) is 10.1 Å². The molecule has 4 rings (SSSR count). The maximum atomic E-state index is 13.5. The predicted octanol–water partition coefficient (Wildman–Crippen LogP) is 6.09. The van der Waals surface area contributed by atoms with Gasteiger partial charge in [-0.05, 0) is 30.0 Å². The van der Waals surface area contributed by atoms with E-state index in [1.165, 1.54) is 18.2 Å². The highest BCUT2D eigenvalue weighted by Crippen LogP contribution is 2.54. The molecule has 1 heterocycles. The molecule has 140 valence electrons. The Bertz CT molecular complexity index is 941. The minimum Gasteiger partial charge on any atom is -0.377 e. The molecule has 8 heteroatoms. The zero-order valence-electron chi connectivity index (χ0n) is 13.8. The Morgan fingerprint density at radius 2 is 1.85 bits per heavy atom. The molecule has 0 bridgehead atoms. The van der Waals surface area contributed by atoms with Gasteiger partial charge in [0.1, 0.15) is 0 Å². The van der Waals surface area contributed by atoms with E-state index in [4.69, 9.17) is 11.6 Å². The van der Waals surface area contributed by atoms with Gasteiger partial charge >= 0.3 is 6.18 Å². The number of alkyl halides is 3. The van der Waals surface area contributed by atoms with E-state index in [2.05, 4.69) is 5.32 Å². The Morgan fingerprint density at radius 1 is 1.15 bits per heavy atom. The number of hydrogen-bond donors (Lipinski definition) is 1. The highest BCUT2D eigenvalue weighted by atomic mass is 35.5. The van der Waals surface area contributed by atoms with Crippen molar-refractivity contribution in [2.45, 2.75) is 24.6 Å². The Labute approximate surface area is 157 Å². The van der Waals surface area contributed by atoms with Gasteiger partial charge in [-0.25, -0.2) is 0 Å². The number of rotatable bonds is 2. The highest BCUT2D eigenvalue weighted by molar-refractivity contribution is 6.32. The maximum absolute atomic E-state index is 13.5. The average molecular weight is 395 g/mol. The van der Waals surface area contributed by atoms with E-state index >= 15 is 0 Å². The average Bonchev–Trinajstić information content (AvgIpc) is 3.09. The molecule has 1 aliphatic carbocycles. The largest absolute Gasteiger partial charge is 0.418 e. The molecule has 2 aliphatic rings. The van der Waals surface area contributed by atoms with Crippen molar-refractivity contribution in [3.05, 3.63) is 80.4 Å².